The van der Waals surface area contributed by atoms with Crippen LogP contribution in [0.25, 0.3) is 0 Å². The molecular formula is C21H29N5O5S. The quantitative estimate of drug-likeness (QED) is 0.527. The fourth-order valence-electron chi connectivity index (χ4n) is 3.48. The van der Waals surface area contributed by atoms with E-state index in [0.29, 0.717) is 38.3 Å². The molecule has 1 fully saturated rings. The van der Waals surface area contributed by atoms with Crippen LogP contribution in [-0.2, 0) is 33.1 Å². The van der Waals surface area contributed by atoms with Crippen molar-refractivity contribution in [2.75, 3.05) is 46.4 Å². The van der Waals surface area contributed by atoms with Crippen molar-refractivity contribution in [3.63, 3.8) is 0 Å². The van der Waals surface area contributed by atoms with Gasteiger partial charge >= 0.3 is 5.97 Å². The monoisotopic (exact) mass is 463 g/mol. The van der Waals surface area contributed by atoms with Crippen molar-refractivity contribution >= 4 is 21.9 Å². The number of rotatable bonds is 8. The van der Waals surface area contributed by atoms with Crippen LogP contribution in [0.5, 0.6) is 0 Å². The molecule has 1 aromatic heterocycles. The average Bonchev–Trinajstić information content (AvgIpc) is 3.18. The number of amides is 1. The maximum absolute atomic E-state index is 12.9. The lowest BCUT2D eigenvalue weighted by atomic mass is 10.2. The molecule has 3 rings (SSSR count). The van der Waals surface area contributed by atoms with Gasteiger partial charge in [-0.05, 0) is 31.2 Å². The van der Waals surface area contributed by atoms with Crippen LogP contribution in [0.15, 0.2) is 41.6 Å². The van der Waals surface area contributed by atoms with Crippen molar-refractivity contribution < 1.29 is 22.7 Å². The van der Waals surface area contributed by atoms with Crippen molar-refractivity contribution in [3.05, 3.63) is 47.8 Å². The second kappa shape index (κ2) is 10.2. The largest absolute Gasteiger partial charge is 0.462 e. The summed E-state index contributed by atoms with van der Waals surface area (Å²) in [6.45, 7) is 4.19. The molecule has 174 valence electrons. The molecule has 2 heterocycles. The zero-order chi connectivity index (χ0) is 23.3. The zero-order valence-corrected chi connectivity index (χ0v) is 19.4. The van der Waals surface area contributed by atoms with Crippen molar-refractivity contribution in [3.8, 4) is 0 Å². The van der Waals surface area contributed by atoms with Gasteiger partial charge in [0.1, 0.15) is 0 Å². The number of sulfonamides is 1. The molecule has 0 N–H and O–H groups in total. The molecule has 0 spiro atoms. The van der Waals surface area contributed by atoms with Crippen molar-refractivity contribution in [1.29, 1.82) is 0 Å². The van der Waals surface area contributed by atoms with Crippen LogP contribution in [0.3, 0.4) is 0 Å². The minimum absolute atomic E-state index is 0.0280. The van der Waals surface area contributed by atoms with Gasteiger partial charge in [-0.2, -0.15) is 9.40 Å². The zero-order valence-electron chi connectivity index (χ0n) is 18.6. The van der Waals surface area contributed by atoms with Gasteiger partial charge in [0.25, 0.3) is 0 Å². The number of hydrogen-bond donors (Lipinski definition) is 0. The van der Waals surface area contributed by atoms with E-state index in [0.717, 1.165) is 5.56 Å². The van der Waals surface area contributed by atoms with Gasteiger partial charge in [0.15, 0.2) is 0 Å². The minimum atomic E-state index is -3.67. The predicted octanol–water partition coefficient (Wildman–Crippen LogP) is 0.562. The van der Waals surface area contributed by atoms with Crippen molar-refractivity contribution in [2.24, 2.45) is 7.05 Å². The second-order valence-corrected chi connectivity index (χ2v) is 9.64. The third-order valence-corrected chi connectivity index (χ3v) is 7.21. The Morgan fingerprint density at radius 2 is 1.78 bits per heavy atom. The maximum atomic E-state index is 12.9. The topological polar surface area (TPSA) is 105 Å². The first-order valence-electron chi connectivity index (χ1n) is 10.4. The number of likely N-dealkylation sites (N-methyl/N-ethyl adjacent to an activating group) is 1. The normalized spacial score (nSPS) is 15.5. The van der Waals surface area contributed by atoms with E-state index in [1.165, 1.54) is 28.6 Å². The van der Waals surface area contributed by atoms with Gasteiger partial charge < -0.3 is 9.64 Å². The summed E-state index contributed by atoms with van der Waals surface area (Å²) in [7, 11) is -0.100. The molecule has 0 radical (unpaired) electrons. The SMILES string of the molecule is CCOC(=O)c1ccc(S(=O)(=O)N2CCN(CC(=O)N(C)Cc3cnn(C)c3)CC2)cc1. The number of hydrogen-bond acceptors (Lipinski definition) is 7. The Labute approximate surface area is 188 Å². The summed E-state index contributed by atoms with van der Waals surface area (Å²) < 4.78 is 33.9. The Kier molecular flexibility index (Phi) is 7.64. The number of aryl methyl sites for hydroxylation is 1. The molecule has 0 unspecified atom stereocenters. The average molecular weight is 464 g/mol. The summed E-state index contributed by atoms with van der Waals surface area (Å²) in [5, 5.41) is 4.11. The molecule has 0 bridgehead atoms. The highest BCUT2D eigenvalue weighted by Gasteiger charge is 2.29. The van der Waals surface area contributed by atoms with Gasteiger partial charge in [-0.1, -0.05) is 0 Å². The van der Waals surface area contributed by atoms with Crippen LogP contribution >= 0.6 is 0 Å². The fraction of sp³-hybridized carbons (Fsp3) is 0.476. The number of esters is 1. The van der Waals surface area contributed by atoms with Crippen LogP contribution in [0.4, 0.5) is 0 Å². The molecule has 0 aliphatic carbocycles. The van der Waals surface area contributed by atoms with E-state index in [9.17, 15) is 18.0 Å². The summed E-state index contributed by atoms with van der Waals surface area (Å²) in [4.78, 5) is 28.0. The number of benzene rings is 1. The second-order valence-electron chi connectivity index (χ2n) is 7.70. The minimum Gasteiger partial charge on any atom is -0.462 e. The van der Waals surface area contributed by atoms with Crippen LogP contribution in [0.1, 0.15) is 22.8 Å². The Hall–Kier alpha value is -2.76. The Bertz CT molecular complexity index is 1040. The van der Waals surface area contributed by atoms with Gasteiger partial charge in [0.05, 0.1) is 29.8 Å². The third-order valence-electron chi connectivity index (χ3n) is 5.30. The van der Waals surface area contributed by atoms with Gasteiger partial charge in [0, 0.05) is 58.6 Å². The van der Waals surface area contributed by atoms with Crippen LogP contribution in [-0.4, -0.2) is 90.6 Å². The van der Waals surface area contributed by atoms with Gasteiger partial charge in [-0.3, -0.25) is 14.4 Å². The highest BCUT2D eigenvalue weighted by atomic mass is 32.2. The smallest absolute Gasteiger partial charge is 0.338 e. The van der Waals surface area contributed by atoms with Crippen LogP contribution in [0, 0.1) is 0 Å². The van der Waals surface area contributed by atoms with Crippen LogP contribution < -0.4 is 0 Å². The first kappa shape index (κ1) is 23.9. The number of nitrogens with zero attached hydrogens (tertiary/aromatic N) is 5. The molecule has 32 heavy (non-hydrogen) atoms. The molecule has 10 nitrogen and oxygen atoms in total. The van der Waals surface area contributed by atoms with E-state index in [4.69, 9.17) is 4.74 Å². The third kappa shape index (κ3) is 5.72. The molecule has 1 aliphatic rings. The lowest BCUT2D eigenvalue weighted by Crippen LogP contribution is -2.51. The van der Waals surface area contributed by atoms with Gasteiger partial charge in [-0.25, -0.2) is 13.2 Å². The number of carbonyl (C=O) groups excluding carboxylic acids is 2. The molecule has 1 aliphatic heterocycles. The fourth-order valence-corrected chi connectivity index (χ4v) is 4.90. The number of aromatic nitrogens is 2. The Morgan fingerprint density at radius 1 is 1.12 bits per heavy atom. The van der Waals surface area contributed by atoms with Crippen LogP contribution in [0.2, 0.25) is 0 Å². The molecule has 1 saturated heterocycles. The lowest BCUT2D eigenvalue weighted by molar-refractivity contribution is -0.131. The summed E-state index contributed by atoms with van der Waals surface area (Å²) in [6, 6.07) is 5.76. The molecular weight excluding hydrogens is 434 g/mol. The summed E-state index contributed by atoms with van der Waals surface area (Å²) in [5.74, 6) is -0.511. The Morgan fingerprint density at radius 3 is 2.34 bits per heavy atom. The number of piperazine rings is 1. The highest BCUT2D eigenvalue weighted by molar-refractivity contribution is 7.89. The van der Waals surface area contributed by atoms with E-state index in [-0.39, 0.29) is 24.0 Å². The standard InChI is InChI=1S/C21H29N5O5S/c1-4-31-21(28)18-5-7-19(8-6-18)32(29,30)26-11-9-25(10-12-26)16-20(27)23(2)14-17-13-22-24(3)15-17/h5-8,13,15H,4,9-12,14,16H2,1-3H3. The predicted molar refractivity (Wildman–Crippen MR) is 117 cm³/mol. The highest BCUT2D eigenvalue weighted by Crippen LogP contribution is 2.19. The van der Waals surface area contributed by atoms with Crippen molar-refractivity contribution in [1.82, 2.24) is 23.9 Å². The molecule has 11 heteroatoms. The van der Waals surface area contributed by atoms with E-state index in [1.807, 2.05) is 18.1 Å². The number of carbonyl (C=O) groups is 2. The molecule has 1 amide bonds. The molecule has 1 aromatic carbocycles. The van der Waals surface area contributed by atoms with E-state index in [2.05, 4.69) is 5.10 Å². The summed E-state index contributed by atoms with van der Waals surface area (Å²) in [6.07, 6.45) is 3.60. The lowest BCUT2D eigenvalue weighted by Gasteiger charge is -2.34. The Balaban J connectivity index is 1.53. The van der Waals surface area contributed by atoms with Crippen molar-refractivity contribution in [2.45, 2.75) is 18.4 Å². The van der Waals surface area contributed by atoms with E-state index < -0.39 is 16.0 Å². The molecule has 2 aromatic rings. The summed E-state index contributed by atoms with van der Waals surface area (Å²) in [5.41, 5.74) is 1.26. The van der Waals surface area contributed by atoms with E-state index in [1.54, 1.807) is 29.7 Å². The first-order chi connectivity index (χ1) is 15.2. The van der Waals surface area contributed by atoms with Gasteiger partial charge in [0.2, 0.25) is 15.9 Å². The summed E-state index contributed by atoms with van der Waals surface area (Å²) >= 11 is 0. The first-order valence-corrected chi connectivity index (χ1v) is 11.9. The molecule has 0 atom stereocenters. The molecule has 0 saturated carbocycles. The maximum Gasteiger partial charge on any atom is 0.338 e. The van der Waals surface area contributed by atoms with Gasteiger partial charge in [-0.15, -0.1) is 0 Å². The van der Waals surface area contributed by atoms with E-state index >= 15 is 0 Å². The number of ether oxygens (including phenoxy) is 1.